The Balaban J connectivity index is 1.54. The van der Waals surface area contributed by atoms with Crippen molar-refractivity contribution in [3.8, 4) is 0 Å². The molecule has 0 amide bonds. The molecule has 5 rings (SSSR count). The van der Waals surface area contributed by atoms with Crippen LogP contribution in [0.1, 0.15) is 120 Å². The Bertz CT molecular complexity index is 724. The second-order valence-electron chi connectivity index (χ2n) is 15.2. The highest BCUT2D eigenvalue weighted by molar-refractivity contribution is 5.19. The third-order valence-electron chi connectivity index (χ3n) is 13.7. The summed E-state index contributed by atoms with van der Waals surface area (Å²) < 4.78 is 0. The molecule has 0 unspecified atom stereocenters. The first-order chi connectivity index (χ1) is 14.3. The predicted molar refractivity (Wildman–Crippen MR) is 131 cm³/mol. The van der Waals surface area contributed by atoms with E-state index in [1.807, 2.05) is 0 Å². The van der Waals surface area contributed by atoms with Crippen LogP contribution in [0.5, 0.6) is 0 Å². The van der Waals surface area contributed by atoms with Crippen LogP contribution in [0.4, 0.5) is 0 Å². The molecule has 1 nitrogen and oxygen atoms in total. The highest BCUT2D eigenvalue weighted by Gasteiger charge is 2.70. The summed E-state index contributed by atoms with van der Waals surface area (Å²) in [6.45, 7) is 20.7. The quantitative estimate of drug-likeness (QED) is 0.447. The third-order valence-corrected chi connectivity index (χ3v) is 13.7. The molecule has 1 N–H and O–H groups in total. The Morgan fingerprint density at radius 1 is 0.677 bits per heavy atom. The van der Waals surface area contributed by atoms with Gasteiger partial charge in [0.05, 0.1) is 6.10 Å². The van der Waals surface area contributed by atoms with Gasteiger partial charge in [-0.25, -0.2) is 0 Å². The minimum atomic E-state index is -0.109. The summed E-state index contributed by atoms with van der Waals surface area (Å²) in [5.41, 5.74) is 2.08. The first-order valence-corrected chi connectivity index (χ1v) is 14.0. The molecule has 10 atom stereocenters. The molecule has 0 aliphatic heterocycles. The zero-order valence-corrected chi connectivity index (χ0v) is 22.1. The van der Waals surface area contributed by atoms with E-state index in [0.29, 0.717) is 27.6 Å². The first-order valence-electron chi connectivity index (χ1n) is 14.0. The van der Waals surface area contributed by atoms with Crippen molar-refractivity contribution < 1.29 is 5.11 Å². The fraction of sp³-hybridized carbons (Fsp3) is 1.00. The minimum Gasteiger partial charge on any atom is -0.393 e. The molecule has 0 spiro atoms. The first kappa shape index (κ1) is 22.7. The van der Waals surface area contributed by atoms with Gasteiger partial charge in [0.15, 0.2) is 0 Å². The van der Waals surface area contributed by atoms with Gasteiger partial charge in [0.2, 0.25) is 0 Å². The SMILES string of the molecule is CC(C)[C@@H]1CC[C@]2(C)CC[C@]3(C)[C@H](CC[C@@H]4[C@]5(C)CC[C@H](O)C(C)(C)[C@@H]5CC[C@@]43C)[C@@H]12. The van der Waals surface area contributed by atoms with Crippen LogP contribution < -0.4 is 0 Å². The summed E-state index contributed by atoms with van der Waals surface area (Å²) in [4.78, 5) is 0. The normalized spacial score (nSPS) is 58.3. The number of hydrogen-bond acceptors (Lipinski definition) is 1. The molecule has 0 aromatic heterocycles. The summed E-state index contributed by atoms with van der Waals surface area (Å²) in [7, 11) is 0. The van der Waals surface area contributed by atoms with Gasteiger partial charge in [-0.1, -0.05) is 55.4 Å². The number of rotatable bonds is 1. The molecule has 0 aromatic carbocycles. The van der Waals surface area contributed by atoms with Gasteiger partial charge in [-0.3, -0.25) is 0 Å². The monoisotopic (exact) mass is 428 g/mol. The maximum atomic E-state index is 10.9. The Morgan fingerprint density at radius 3 is 2.06 bits per heavy atom. The summed E-state index contributed by atoms with van der Waals surface area (Å²) in [5.74, 6) is 5.21. The van der Waals surface area contributed by atoms with Crippen molar-refractivity contribution >= 4 is 0 Å². The van der Waals surface area contributed by atoms with Gasteiger partial charge in [0, 0.05) is 0 Å². The van der Waals surface area contributed by atoms with Gasteiger partial charge >= 0.3 is 0 Å². The van der Waals surface area contributed by atoms with Crippen LogP contribution in [-0.2, 0) is 0 Å². The van der Waals surface area contributed by atoms with Crippen LogP contribution in [0, 0.1) is 62.6 Å². The van der Waals surface area contributed by atoms with Crippen molar-refractivity contribution in [2.24, 2.45) is 62.6 Å². The standard InChI is InChI=1S/C30H52O/c1-19(2)20-11-14-27(5)17-18-29(7)21(25(20)27)9-10-23-28(6)15-13-24(31)26(3,4)22(28)12-16-30(23,29)8/h19-25,31H,9-18H2,1-8H3/t20-,21+,22-,23+,24-,25+,27+,28+,29+,30-/m0/s1. The van der Waals surface area contributed by atoms with E-state index in [-0.39, 0.29) is 11.5 Å². The van der Waals surface area contributed by atoms with E-state index in [9.17, 15) is 5.11 Å². The third kappa shape index (κ3) is 2.71. The van der Waals surface area contributed by atoms with Gasteiger partial charge in [-0.2, -0.15) is 0 Å². The average molecular weight is 429 g/mol. The topological polar surface area (TPSA) is 20.2 Å². The molecular weight excluding hydrogens is 376 g/mol. The van der Waals surface area contributed by atoms with Gasteiger partial charge in [0.25, 0.3) is 0 Å². The Labute approximate surface area is 193 Å². The zero-order valence-electron chi connectivity index (χ0n) is 22.1. The number of fused-ring (bicyclic) bond motifs is 7. The van der Waals surface area contributed by atoms with E-state index in [4.69, 9.17) is 0 Å². The molecule has 1 heteroatoms. The Hall–Kier alpha value is -0.0400. The van der Waals surface area contributed by atoms with E-state index < -0.39 is 0 Å². The number of aliphatic hydroxyl groups excluding tert-OH is 1. The molecule has 178 valence electrons. The van der Waals surface area contributed by atoms with E-state index in [2.05, 4.69) is 55.4 Å². The van der Waals surface area contributed by atoms with Gasteiger partial charge in [0.1, 0.15) is 0 Å². The highest BCUT2D eigenvalue weighted by Crippen LogP contribution is 2.77. The van der Waals surface area contributed by atoms with Gasteiger partial charge in [-0.05, 0) is 127 Å². The van der Waals surface area contributed by atoms with E-state index in [1.165, 1.54) is 57.8 Å². The van der Waals surface area contributed by atoms with Crippen molar-refractivity contribution in [1.82, 2.24) is 0 Å². The van der Waals surface area contributed by atoms with Crippen LogP contribution in [-0.4, -0.2) is 11.2 Å². The molecule has 5 fully saturated rings. The lowest BCUT2D eigenvalue weighted by atomic mass is 9.32. The molecule has 0 saturated heterocycles. The summed E-state index contributed by atoms with van der Waals surface area (Å²) >= 11 is 0. The van der Waals surface area contributed by atoms with Crippen LogP contribution in [0.2, 0.25) is 0 Å². The largest absolute Gasteiger partial charge is 0.393 e. The van der Waals surface area contributed by atoms with Crippen LogP contribution in [0.25, 0.3) is 0 Å². The van der Waals surface area contributed by atoms with E-state index in [1.54, 1.807) is 0 Å². The van der Waals surface area contributed by atoms with Crippen LogP contribution in [0.15, 0.2) is 0 Å². The van der Waals surface area contributed by atoms with Gasteiger partial charge in [-0.15, -0.1) is 0 Å². The molecule has 5 aliphatic carbocycles. The van der Waals surface area contributed by atoms with Crippen LogP contribution in [0.3, 0.4) is 0 Å². The zero-order chi connectivity index (χ0) is 22.6. The molecular formula is C30H52O. The predicted octanol–water partition coefficient (Wildman–Crippen LogP) is 8.10. The number of hydrogen-bond donors (Lipinski definition) is 1. The summed E-state index contributed by atoms with van der Waals surface area (Å²) in [6, 6.07) is 0. The second kappa shape index (κ2) is 6.76. The van der Waals surface area contributed by atoms with Crippen molar-refractivity contribution in [2.45, 2.75) is 126 Å². The number of aliphatic hydroxyl groups is 1. The van der Waals surface area contributed by atoms with Crippen LogP contribution >= 0.6 is 0 Å². The minimum absolute atomic E-state index is 0.0748. The fourth-order valence-electron chi connectivity index (χ4n) is 11.7. The van der Waals surface area contributed by atoms with Gasteiger partial charge < -0.3 is 5.11 Å². The van der Waals surface area contributed by atoms with Crippen molar-refractivity contribution in [2.75, 3.05) is 0 Å². The van der Waals surface area contributed by atoms with Crippen molar-refractivity contribution in [3.05, 3.63) is 0 Å². The Morgan fingerprint density at radius 2 is 1.39 bits per heavy atom. The summed E-state index contributed by atoms with van der Waals surface area (Å²) in [5, 5.41) is 10.9. The maximum Gasteiger partial charge on any atom is 0.0594 e. The molecule has 0 radical (unpaired) electrons. The smallest absolute Gasteiger partial charge is 0.0594 e. The highest BCUT2D eigenvalue weighted by atomic mass is 16.3. The van der Waals surface area contributed by atoms with Crippen molar-refractivity contribution in [1.29, 1.82) is 0 Å². The Kier molecular flexibility index (Phi) is 4.96. The molecule has 5 aliphatic rings. The molecule has 0 heterocycles. The second-order valence-corrected chi connectivity index (χ2v) is 15.2. The molecule has 0 aromatic rings. The lowest BCUT2D eigenvalue weighted by Crippen LogP contribution is -2.66. The fourth-order valence-corrected chi connectivity index (χ4v) is 11.7. The lowest BCUT2D eigenvalue weighted by Gasteiger charge is -2.73. The molecule has 31 heavy (non-hydrogen) atoms. The van der Waals surface area contributed by atoms with E-state index >= 15 is 0 Å². The average Bonchev–Trinajstić information content (AvgIpc) is 3.04. The molecule has 5 saturated carbocycles. The summed E-state index contributed by atoms with van der Waals surface area (Å²) in [6.07, 6.45) is 13.7. The van der Waals surface area contributed by atoms with Crippen molar-refractivity contribution in [3.63, 3.8) is 0 Å². The van der Waals surface area contributed by atoms with E-state index in [0.717, 1.165) is 36.0 Å². The molecule has 0 bridgehead atoms. The maximum absolute atomic E-state index is 10.9. The lowest BCUT2D eigenvalue weighted by molar-refractivity contribution is -0.248.